The molecule has 0 saturated heterocycles. The van der Waals surface area contributed by atoms with Gasteiger partial charge in [0.15, 0.2) is 0 Å². The Morgan fingerprint density at radius 3 is 2.60 bits per heavy atom. The first-order chi connectivity index (χ1) is 7.04. The summed E-state index contributed by atoms with van der Waals surface area (Å²) in [6.45, 7) is 1.68. The van der Waals surface area contributed by atoms with Crippen molar-refractivity contribution in [3.8, 4) is 11.5 Å². The Morgan fingerprint density at radius 2 is 2.00 bits per heavy atom. The first-order valence-electron chi connectivity index (χ1n) is 4.47. The zero-order valence-corrected chi connectivity index (χ0v) is 8.61. The summed E-state index contributed by atoms with van der Waals surface area (Å²) >= 11 is 0. The van der Waals surface area contributed by atoms with Gasteiger partial charge in [-0.25, -0.2) is 0 Å². The number of carbonyl (C=O) groups is 1. The van der Waals surface area contributed by atoms with Crippen molar-refractivity contribution < 1.29 is 15.0 Å². The molecule has 0 fully saturated rings. The molecule has 0 aliphatic rings. The zero-order chi connectivity index (χ0) is 11.4. The Bertz CT molecular complexity index is 411. The molecule has 0 aliphatic heterocycles. The lowest BCUT2D eigenvalue weighted by molar-refractivity contribution is -0.115. The van der Waals surface area contributed by atoms with Crippen molar-refractivity contribution in [2.75, 3.05) is 7.05 Å². The summed E-state index contributed by atoms with van der Waals surface area (Å²) in [6, 6.07) is 2.85. The maximum atomic E-state index is 10.9. The van der Waals surface area contributed by atoms with Crippen LogP contribution in [0.15, 0.2) is 18.2 Å². The van der Waals surface area contributed by atoms with Gasteiger partial charge in [-0.2, -0.15) is 0 Å². The third kappa shape index (κ3) is 2.74. The highest BCUT2D eigenvalue weighted by Crippen LogP contribution is 2.27. The Morgan fingerprint density at radius 1 is 1.33 bits per heavy atom. The van der Waals surface area contributed by atoms with Crippen molar-refractivity contribution in [2.24, 2.45) is 0 Å². The first-order valence-corrected chi connectivity index (χ1v) is 4.47. The molecule has 4 nitrogen and oxygen atoms in total. The van der Waals surface area contributed by atoms with E-state index in [1.54, 1.807) is 6.92 Å². The van der Waals surface area contributed by atoms with E-state index in [-0.39, 0.29) is 17.4 Å². The van der Waals surface area contributed by atoms with Gasteiger partial charge in [0, 0.05) is 18.7 Å². The van der Waals surface area contributed by atoms with E-state index in [2.05, 4.69) is 5.32 Å². The molecule has 0 bridgehead atoms. The Balaban J connectivity index is 3.00. The quantitative estimate of drug-likeness (QED) is 0.503. The van der Waals surface area contributed by atoms with Gasteiger partial charge in [-0.1, -0.05) is 0 Å². The second kappa shape index (κ2) is 4.50. The topological polar surface area (TPSA) is 69.6 Å². The van der Waals surface area contributed by atoms with Gasteiger partial charge < -0.3 is 15.5 Å². The number of phenolic OH excluding ortho intramolecular Hbond substituents is 2. The predicted octanol–water partition coefficient (Wildman–Crippen LogP) is 1.17. The second-order valence-electron chi connectivity index (χ2n) is 3.15. The number of likely N-dealkylation sites (N-methyl/N-ethyl adjacent to an activating group) is 1. The molecule has 0 heterocycles. The van der Waals surface area contributed by atoms with Crippen LogP contribution in [0, 0.1) is 6.92 Å². The van der Waals surface area contributed by atoms with E-state index in [0.29, 0.717) is 11.1 Å². The van der Waals surface area contributed by atoms with E-state index >= 15 is 0 Å². The Hall–Kier alpha value is -1.97. The fourth-order valence-electron chi connectivity index (χ4n) is 1.08. The van der Waals surface area contributed by atoms with E-state index < -0.39 is 0 Å². The molecular formula is C11H13NO3. The summed E-state index contributed by atoms with van der Waals surface area (Å²) in [7, 11) is 1.51. The van der Waals surface area contributed by atoms with Gasteiger partial charge in [-0.05, 0) is 30.7 Å². The van der Waals surface area contributed by atoms with Crippen molar-refractivity contribution in [1.82, 2.24) is 5.32 Å². The van der Waals surface area contributed by atoms with E-state index in [4.69, 9.17) is 0 Å². The normalized spacial score (nSPS) is 10.5. The highest BCUT2D eigenvalue weighted by molar-refractivity contribution is 5.91. The number of hydrogen-bond acceptors (Lipinski definition) is 3. The third-order valence-electron chi connectivity index (χ3n) is 2.01. The van der Waals surface area contributed by atoms with Gasteiger partial charge in [-0.3, -0.25) is 4.79 Å². The SMILES string of the molecule is CNC(=O)/C=C/c1cc(O)c(C)cc1O. The van der Waals surface area contributed by atoms with Crippen molar-refractivity contribution in [1.29, 1.82) is 0 Å². The van der Waals surface area contributed by atoms with Crippen LogP contribution in [0.4, 0.5) is 0 Å². The van der Waals surface area contributed by atoms with Crippen LogP contribution in [0.25, 0.3) is 6.08 Å². The molecule has 80 valence electrons. The number of phenols is 2. The predicted molar refractivity (Wildman–Crippen MR) is 57.6 cm³/mol. The fourth-order valence-corrected chi connectivity index (χ4v) is 1.08. The summed E-state index contributed by atoms with van der Waals surface area (Å²) in [5, 5.41) is 21.3. The summed E-state index contributed by atoms with van der Waals surface area (Å²) in [6.07, 6.45) is 2.72. The van der Waals surface area contributed by atoms with Gasteiger partial charge in [0.2, 0.25) is 5.91 Å². The minimum absolute atomic E-state index is 0.0328. The molecule has 0 saturated carbocycles. The average Bonchev–Trinajstić information content (AvgIpc) is 2.21. The standard InChI is InChI=1S/C11H13NO3/c1-7-5-10(14)8(6-9(7)13)3-4-11(15)12-2/h3-6,13-14H,1-2H3,(H,12,15)/b4-3+. The number of nitrogens with one attached hydrogen (secondary N) is 1. The van der Waals surface area contributed by atoms with E-state index in [9.17, 15) is 15.0 Å². The first kappa shape index (κ1) is 11.1. The molecule has 0 aliphatic carbocycles. The van der Waals surface area contributed by atoms with Crippen molar-refractivity contribution in [3.05, 3.63) is 29.3 Å². The summed E-state index contributed by atoms with van der Waals surface area (Å²) in [5.41, 5.74) is 0.992. The number of aryl methyl sites for hydroxylation is 1. The molecule has 1 amide bonds. The van der Waals surface area contributed by atoms with Crippen molar-refractivity contribution in [2.45, 2.75) is 6.92 Å². The average molecular weight is 207 g/mol. The molecule has 3 N–H and O–H groups in total. The van der Waals surface area contributed by atoms with Gasteiger partial charge in [0.05, 0.1) is 0 Å². The second-order valence-corrected chi connectivity index (χ2v) is 3.15. The zero-order valence-electron chi connectivity index (χ0n) is 8.61. The summed E-state index contributed by atoms with van der Waals surface area (Å²) < 4.78 is 0. The van der Waals surface area contributed by atoms with Crippen LogP contribution in [0.1, 0.15) is 11.1 Å². The van der Waals surface area contributed by atoms with Crippen LogP contribution >= 0.6 is 0 Å². The van der Waals surface area contributed by atoms with E-state index in [1.165, 1.54) is 31.3 Å². The summed E-state index contributed by atoms with van der Waals surface area (Å²) in [4.78, 5) is 10.9. The lowest BCUT2D eigenvalue weighted by Crippen LogP contribution is -2.13. The maximum absolute atomic E-state index is 10.9. The van der Waals surface area contributed by atoms with Crippen LogP contribution in [0.2, 0.25) is 0 Å². The van der Waals surface area contributed by atoms with Crippen LogP contribution < -0.4 is 5.32 Å². The van der Waals surface area contributed by atoms with Crippen LogP contribution in [0.3, 0.4) is 0 Å². The maximum Gasteiger partial charge on any atom is 0.243 e. The largest absolute Gasteiger partial charge is 0.508 e. The molecule has 4 heteroatoms. The van der Waals surface area contributed by atoms with Gasteiger partial charge in [-0.15, -0.1) is 0 Å². The van der Waals surface area contributed by atoms with Gasteiger partial charge >= 0.3 is 0 Å². The number of hydrogen-bond donors (Lipinski definition) is 3. The minimum atomic E-state index is -0.269. The number of benzene rings is 1. The Kier molecular flexibility index (Phi) is 3.33. The molecular weight excluding hydrogens is 194 g/mol. The number of amides is 1. The molecule has 1 aromatic rings. The van der Waals surface area contributed by atoms with Crippen LogP contribution in [-0.2, 0) is 4.79 Å². The summed E-state index contributed by atoms with van der Waals surface area (Å²) in [5.74, 6) is -0.149. The van der Waals surface area contributed by atoms with Gasteiger partial charge in [0.25, 0.3) is 0 Å². The third-order valence-corrected chi connectivity index (χ3v) is 2.01. The highest BCUT2D eigenvalue weighted by Gasteiger charge is 2.03. The van der Waals surface area contributed by atoms with E-state index in [1.807, 2.05) is 0 Å². The number of rotatable bonds is 2. The van der Waals surface area contributed by atoms with E-state index in [0.717, 1.165) is 0 Å². The highest BCUT2D eigenvalue weighted by atomic mass is 16.3. The fraction of sp³-hybridized carbons (Fsp3) is 0.182. The number of aromatic hydroxyl groups is 2. The molecule has 0 spiro atoms. The molecule has 15 heavy (non-hydrogen) atoms. The molecule has 0 atom stereocenters. The van der Waals surface area contributed by atoms with Crippen LogP contribution in [0.5, 0.6) is 11.5 Å². The lowest BCUT2D eigenvalue weighted by Gasteiger charge is -2.03. The lowest BCUT2D eigenvalue weighted by atomic mass is 10.1. The van der Waals surface area contributed by atoms with Crippen LogP contribution in [-0.4, -0.2) is 23.2 Å². The van der Waals surface area contributed by atoms with Crippen molar-refractivity contribution >= 4 is 12.0 Å². The molecule has 0 unspecified atom stereocenters. The monoisotopic (exact) mass is 207 g/mol. The molecule has 1 rings (SSSR count). The molecule has 0 radical (unpaired) electrons. The Labute approximate surface area is 87.9 Å². The number of carbonyl (C=O) groups excluding carboxylic acids is 1. The smallest absolute Gasteiger partial charge is 0.243 e. The van der Waals surface area contributed by atoms with Gasteiger partial charge in [0.1, 0.15) is 11.5 Å². The molecule has 0 aromatic heterocycles. The molecule has 1 aromatic carbocycles. The minimum Gasteiger partial charge on any atom is -0.508 e. The van der Waals surface area contributed by atoms with Crippen molar-refractivity contribution in [3.63, 3.8) is 0 Å².